The highest BCUT2D eigenvalue weighted by molar-refractivity contribution is 5.95. The van der Waals surface area contributed by atoms with Gasteiger partial charge in [-0.15, -0.1) is 10.1 Å². The first-order valence-electron chi connectivity index (χ1n) is 16.7. The van der Waals surface area contributed by atoms with Gasteiger partial charge in [0, 0.05) is 0 Å². The molecule has 2 aromatic rings. The van der Waals surface area contributed by atoms with Gasteiger partial charge in [0.05, 0.1) is 32.7 Å². The first-order chi connectivity index (χ1) is 26.4. The van der Waals surface area contributed by atoms with Gasteiger partial charge in [0.2, 0.25) is 0 Å². The minimum atomic E-state index is -1.11. The number of carbonyl (C=O) groups is 8. The number of para-hydroxylation sites is 2. The molecule has 298 valence electrons. The third kappa shape index (κ3) is 19.2. The second-order valence-electron chi connectivity index (χ2n) is 10.8. The summed E-state index contributed by atoms with van der Waals surface area (Å²) < 4.78 is 39.3. The predicted octanol–water partition coefficient (Wildman–Crippen LogP) is 2.64. The van der Waals surface area contributed by atoms with Crippen molar-refractivity contribution in [2.24, 2.45) is 0 Å². The molecule has 0 aromatic heterocycles. The molecule has 0 unspecified atom stereocenters. The Labute approximate surface area is 313 Å². The molecule has 0 fully saturated rings. The number of hydrogen-bond acceptors (Lipinski definition) is 19. The fraction of sp³-hybridized carbons (Fsp3) is 0.429. The number of nitrogens with zero attached hydrogens (tertiary/aromatic N) is 1. The molecule has 55 heavy (non-hydrogen) atoms. The van der Waals surface area contributed by atoms with Crippen LogP contribution in [0, 0.1) is 10.1 Å². The number of benzene rings is 2. The van der Waals surface area contributed by atoms with Gasteiger partial charge in [-0.1, -0.05) is 44.0 Å². The zero-order valence-electron chi connectivity index (χ0n) is 29.7. The summed E-state index contributed by atoms with van der Waals surface area (Å²) in [5.41, 5.74) is -0.426. The van der Waals surface area contributed by atoms with Crippen LogP contribution in [0.4, 0.5) is 0 Å². The van der Waals surface area contributed by atoms with E-state index in [0.29, 0.717) is 6.42 Å². The van der Waals surface area contributed by atoms with Crippen LogP contribution in [0.3, 0.4) is 0 Å². The Kier molecular flexibility index (Phi) is 20.6. The largest absolute Gasteiger partial charge is 0.463 e. The van der Waals surface area contributed by atoms with Crippen molar-refractivity contribution in [3.63, 3.8) is 0 Å². The number of esters is 8. The van der Waals surface area contributed by atoms with Gasteiger partial charge in [0.15, 0.2) is 26.4 Å². The normalized spacial score (nSPS) is 10.2. The summed E-state index contributed by atoms with van der Waals surface area (Å²) in [4.78, 5) is 111. The van der Waals surface area contributed by atoms with Gasteiger partial charge < -0.3 is 42.7 Å². The number of unbranched alkanes of at least 4 members (excludes halogenated alkanes) is 3. The van der Waals surface area contributed by atoms with Crippen molar-refractivity contribution in [3.05, 3.63) is 69.8 Å². The maximum Gasteiger partial charge on any atom is 0.349 e. The minimum absolute atomic E-state index is 0.0981. The molecular formula is C35H39NO19. The summed E-state index contributed by atoms with van der Waals surface area (Å²) >= 11 is 0. The van der Waals surface area contributed by atoms with Gasteiger partial charge in [0.1, 0.15) is 22.6 Å². The van der Waals surface area contributed by atoms with Crippen molar-refractivity contribution in [3.8, 4) is 11.5 Å². The van der Waals surface area contributed by atoms with Crippen molar-refractivity contribution in [1.82, 2.24) is 0 Å². The van der Waals surface area contributed by atoms with E-state index in [4.69, 9.17) is 37.9 Å². The number of rotatable bonds is 25. The molecule has 0 aliphatic carbocycles. The minimum Gasteiger partial charge on any atom is -0.463 e. The Hall–Kier alpha value is -6.60. The lowest BCUT2D eigenvalue weighted by Crippen LogP contribution is -2.22. The molecule has 20 heteroatoms. The molecule has 0 radical (unpaired) electrons. The van der Waals surface area contributed by atoms with Gasteiger partial charge in [-0.25, -0.2) is 28.8 Å². The second kappa shape index (κ2) is 25.4. The quantitative estimate of drug-likeness (QED) is 0.0350. The van der Waals surface area contributed by atoms with E-state index in [1.165, 1.54) is 48.5 Å². The van der Waals surface area contributed by atoms with E-state index in [1.54, 1.807) is 0 Å². The predicted molar refractivity (Wildman–Crippen MR) is 179 cm³/mol. The molecule has 0 bridgehead atoms. The molecule has 2 rings (SSSR count). The molecule has 0 saturated heterocycles. The topological polar surface area (TPSA) is 263 Å². The first kappa shape index (κ1) is 44.6. The van der Waals surface area contributed by atoms with Crippen molar-refractivity contribution in [2.45, 2.75) is 51.9 Å². The van der Waals surface area contributed by atoms with E-state index in [9.17, 15) is 48.5 Å². The van der Waals surface area contributed by atoms with E-state index in [0.717, 1.165) is 12.8 Å². The van der Waals surface area contributed by atoms with E-state index < -0.39 is 92.1 Å². The zero-order valence-corrected chi connectivity index (χ0v) is 29.7. The average Bonchev–Trinajstić information content (AvgIpc) is 3.16. The van der Waals surface area contributed by atoms with Crippen LogP contribution in [0.5, 0.6) is 11.5 Å². The van der Waals surface area contributed by atoms with Gasteiger partial charge >= 0.3 is 47.8 Å². The monoisotopic (exact) mass is 777 g/mol. The van der Waals surface area contributed by atoms with Crippen molar-refractivity contribution in [2.75, 3.05) is 46.2 Å². The summed E-state index contributed by atoms with van der Waals surface area (Å²) in [6.07, 6.45) is 1.88. The average molecular weight is 778 g/mol. The summed E-state index contributed by atoms with van der Waals surface area (Å²) in [6, 6.07) is 10.8. The van der Waals surface area contributed by atoms with Gasteiger partial charge in [0.25, 0.3) is 5.09 Å². The highest BCUT2D eigenvalue weighted by atomic mass is 16.9. The van der Waals surface area contributed by atoms with Crippen LogP contribution in [0.1, 0.15) is 72.6 Å². The summed E-state index contributed by atoms with van der Waals surface area (Å²) in [5.74, 6) is -8.35. The van der Waals surface area contributed by atoms with Crippen LogP contribution < -0.4 is 9.47 Å². The second-order valence-corrected chi connectivity index (χ2v) is 10.8. The lowest BCUT2D eigenvalue weighted by Gasteiger charge is -2.11. The Morgan fingerprint density at radius 3 is 1.35 bits per heavy atom. The fourth-order valence-electron chi connectivity index (χ4n) is 3.94. The van der Waals surface area contributed by atoms with E-state index >= 15 is 0 Å². The van der Waals surface area contributed by atoms with Crippen molar-refractivity contribution >= 4 is 47.8 Å². The van der Waals surface area contributed by atoms with Crippen LogP contribution in [0.25, 0.3) is 0 Å². The lowest BCUT2D eigenvalue weighted by atomic mass is 10.2. The third-order valence-corrected chi connectivity index (χ3v) is 6.55. The summed E-state index contributed by atoms with van der Waals surface area (Å²) in [7, 11) is 0. The molecule has 0 heterocycles. The molecule has 0 atom stereocenters. The highest BCUT2D eigenvalue weighted by Gasteiger charge is 2.21. The lowest BCUT2D eigenvalue weighted by molar-refractivity contribution is -0.757. The fourth-order valence-corrected chi connectivity index (χ4v) is 3.94. The van der Waals surface area contributed by atoms with E-state index in [-0.39, 0.29) is 55.3 Å². The van der Waals surface area contributed by atoms with Crippen molar-refractivity contribution < 1.29 is 86.2 Å². The van der Waals surface area contributed by atoms with Crippen LogP contribution in [0.15, 0.2) is 48.5 Å². The molecule has 0 saturated carbocycles. The van der Waals surface area contributed by atoms with Gasteiger partial charge in [-0.05, 0) is 43.5 Å². The number of ether oxygens (including phenoxy) is 8. The van der Waals surface area contributed by atoms with Crippen molar-refractivity contribution in [1.29, 1.82) is 0 Å². The van der Waals surface area contributed by atoms with Gasteiger partial charge in [-0.2, -0.15) is 0 Å². The van der Waals surface area contributed by atoms with Crippen LogP contribution in [-0.2, 0) is 62.0 Å². The highest BCUT2D eigenvalue weighted by Crippen LogP contribution is 2.20. The maximum atomic E-state index is 12.5. The Balaban J connectivity index is 1.70. The van der Waals surface area contributed by atoms with Crippen LogP contribution >= 0.6 is 0 Å². The molecule has 20 nitrogen and oxygen atoms in total. The SMILES string of the molecule is CCCCCOC(=O)COC(=O)c1ccccc1OC(=O)COC(=O)CCC(=O)OCC(=O)Oc1ccccc1C(=O)OCC(=O)OCCCCO[N+](=O)[O-]. The third-order valence-electron chi connectivity index (χ3n) is 6.55. The maximum absolute atomic E-state index is 12.5. The first-order valence-corrected chi connectivity index (χ1v) is 16.7. The number of carbonyl (C=O) groups excluding carboxylic acids is 8. The van der Waals surface area contributed by atoms with Crippen LogP contribution in [-0.4, -0.2) is 99.1 Å². The van der Waals surface area contributed by atoms with E-state index in [1.807, 2.05) is 6.92 Å². The molecule has 0 spiro atoms. The van der Waals surface area contributed by atoms with Gasteiger partial charge in [-0.3, -0.25) is 9.59 Å². The van der Waals surface area contributed by atoms with E-state index in [2.05, 4.69) is 4.84 Å². The zero-order chi connectivity index (χ0) is 40.4. The molecule has 0 aliphatic rings. The molecule has 0 N–H and O–H groups in total. The Morgan fingerprint density at radius 1 is 0.509 bits per heavy atom. The summed E-state index contributed by atoms with van der Waals surface area (Å²) in [6.45, 7) is -1.33. The number of hydrogen-bond donors (Lipinski definition) is 0. The molecule has 0 amide bonds. The Bertz CT molecular complexity index is 1660. The smallest absolute Gasteiger partial charge is 0.349 e. The summed E-state index contributed by atoms with van der Waals surface area (Å²) in [5, 5.41) is 9.14. The molecule has 0 aliphatic heterocycles. The Morgan fingerprint density at radius 2 is 0.909 bits per heavy atom. The molecule has 2 aromatic carbocycles. The standard InChI is InChI=1S/C35H39NO19/c1-2-3-8-17-47-30(39)20-51-34(43)24-11-4-6-13-26(24)54-32(41)22-49-28(37)15-16-29(38)50-23-33(42)55-27-14-7-5-12-25(27)35(44)52-21-31(40)48-18-9-10-19-53-36(45)46/h4-7,11-14H,2-3,8-10,15-23H2,1H3. The molecular weight excluding hydrogens is 738 g/mol. The van der Waals surface area contributed by atoms with Crippen LogP contribution in [0.2, 0.25) is 0 Å².